The molecule has 1 saturated carbocycles. The van der Waals surface area contributed by atoms with Crippen LogP contribution in [0.4, 0.5) is 0 Å². The summed E-state index contributed by atoms with van der Waals surface area (Å²) in [5.74, 6) is 0.214. The second-order valence-electron chi connectivity index (χ2n) is 4.91. The minimum atomic E-state index is 0. The van der Waals surface area contributed by atoms with Crippen molar-refractivity contribution in [2.75, 3.05) is 0 Å². The van der Waals surface area contributed by atoms with Crippen molar-refractivity contribution in [1.29, 1.82) is 0 Å². The SMILES string of the molecule is CC.CC(=O)NC1CCC(NC(=O)C(C)C)CC1.[HH].[HH]. The summed E-state index contributed by atoms with van der Waals surface area (Å²) in [6.45, 7) is 9.35. The zero-order valence-corrected chi connectivity index (χ0v) is 12.4. The molecule has 0 radical (unpaired) electrons. The van der Waals surface area contributed by atoms with Gasteiger partial charge in [-0.1, -0.05) is 27.7 Å². The van der Waals surface area contributed by atoms with Gasteiger partial charge in [0.2, 0.25) is 11.8 Å². The first-order valence-corrected chi connectivity index (χ1v) is 7.06. The van der Waals surface area contributed by atoms with Gasteiger partial charge in [0.05, 0.1) is 0 Å². The first-order chi connectivity index (χ1) is 8.49. The van der Waals surface area contributed by atoms with Crippen molar-refractivity contribution in [2.24, 2.45) is 5.92 Å². The smallest absolute Gasteiger partial charge is 0.222 e. The molecule has 1 aliphatic carbocycles. The molecule has 1 fully saturated rings. The number of hydrogen-bond acceptors (Lipinski definition) is 2. The molecule has 4 heteroatoms. The lowest BCUT2D eigenvalue weighted by molar-refractivity contribution is -0.125. The molecule has 0 spiro atoms. The van der Waals surface area contributed by atoms with Crippen molar-refractivity contribution < 1.29 is 12.4 Å². The van der Waals surface area contributed by atoms with Crippen LogP contribution in [0.2, 0.25) is 0 Å². The topological polar surface area (TPSA) is 58.2 Å². The van der Waals surface area contributed by atoms with E-state index in [1.165, 1.54) is 0 Å². The Balaban J connectivity index is -0.000000689. The zero-order valence-electron chi connectivity index (χ0n) is 12.4. The molecule has 1 aliphatic rings. The molecule has 2 amide bonds. The molecule has 0 saturated heterocycles. The second kappa shape index (κ2) is 8.95. The maximum Gasteiger partial charge on any atom is 0.222 e. The average molecular weight is 260 g/mol. The zero-order chi connectivity index (χ0) is 14.1. The summed E-state index contributed by atoms with van der Waals surface area (Å²) in [6.07, 6.45) is 3.85. The van der Waals surface area contributed by atoms with Crippen LogP contribution in [0.5, 0.6) is 0 Å². The Bertz CT molecular complexity index is 266. The third kappa shape index (κ3) is 6.62. The highest BCUT2D eigenvalue weighted by Gasteiger charge is 2.23. The van der Waals surface area contributed by atoms with Gasteiger partial charge in [-0.3, -0.25) is 9.59 Å². The summed E-state index contributed by atoms with van der Waals surface area (Å²) in [4.78, 5) is 22.4. The summed E-state index contributed by atoms with van der Waals surface area (Å²) < 4.78 is 0. The van der Waals surface area contributed by atoms with Crippen LogP contribution in [-0.2, 0) is 9.59 Å². The quantitative estimate of drug-likeness (QED) is 0.819. The molecule has 0 aromatic carbocycles. The Labute approximate surface area is 114 Å². The van der Waals surface area contributed by atoms with Crippen LogP contribution in [0.25, 0.3) is 0 Å². The molecule has 0 aliphatic heterocycles. The van der Waals surface area contributed by atoms with Crippen molar-refractivity contribution in [3.63, 3.8) is 0 Å². The fourth-order valence-corrected chi connectivity index (χ4v) is 2.04. The van der Waals surface area contributed by atoms with Crippen molar-refractivity contribution in [1.82, 2.24) is 10.6 Å². The molecule has 1 rings (SSSR count). The number of amides is 2. The van der Waals surface area contributed by atoms with Gasteiger partial charge in [0.15, 0.2) is 0 Å². The number of rotatable bonds is 3. The van der Waals surface area contributed by atoms with Crippen LogP contribution in [0, 0.1) is 5.92 Å². The largest absolute Gasteiger partial charge is 0.354 e. The lowest BCUT2D eigenvalue weighted by atomic mass is 9.91. The lowest BCUT2D eigenvalue weighted by Crippen LogP contribution is -2.44. The molecule has 0 unspecified atom stereocenters. The van der Waals surface area contributed by atoms with E-state index in [1.807, 2.05) is 27.7 Å². The van der Waals surface area contributed by atoms with E-state index in [2.05, 4.69) is 10.6 Å². The standard InChI is InChI=1S/C12H22N2O2.C2H6.2H2/c1-8(2)12(16)14-11-6-4-10(5-7-11)13-9(3)15;1-2;;/h8,10-11H,4-7H2,1-3H3,(H,13,15)(H,14,16);1-2H3;2*1H. The van der Waals surface area contributed by atoms with Gasteiger partial charge in [-0.05, 0) is 25.7 Å². The molecule has 0 bridgehead atoms. The van der Waals surface area contributed by atoms with Gasteiger partial charge < -0.3 is 10.6 Å². The van der Waals surface area contributed by atoms with Gasteiger partial charge in [-0.25, -0.2) is 0 Å². The van der Waals surface area contributed by atoms with E-state index >= 15 is 0 Å². The van der Waals surface area contributed by atoms with Gasteiger partial charge in [-0.2, -0.15) is 0 Å². The Morgan fingerprint density at radius 2 is 1.39 bits per heavy atom. The highest BCUT2D eigenvalue weighted by atomic mass is 16.2. The van der Waals surface area contributed by atoms with Crippen LogP contribution in [0.3, 0.4) is 0 Å². The number of hydrogen-bond donors (Lipinski definition) is 2. The normalized spacial score (nSPS) is 22.8. The summed E-state index contributed by atoms with van der Waals surface area (Å²) in [5.41, 5.74) is 0. The maximum atomic E-state index is 11.5. The van der Waals surface area contributed by atoms with Crippen LogP contribution in [0.1, 0.15) is 63.2 Å². The van der Waals surface area contributed by atoms with Crippen LogP contribution in [-0.4, -0.2) is 23.9 Å². The Morgan fingerprint density at radius 1 is 1.00 bits per heavy atom. The van der Waals surface area contributed by atoms with Crippen molar-refractivity contribution in [3.05, 3.63) is 0 Å². The minimum absolute atomic E-state index is 0. The highest BCUT2D eigenvalue weighted by molar-refractivity contribution is 5.78. The number of carbonyl (C=O) groups is 2. The van der Waals surface area contributed by atoms with E-state index in [4.69, 9.17) is 0 Å². The van der Waals surface area contributed by atoms with E-state index in [9.17, 15) is 9.59 Å². The molecule has 2 N–H and O–H groups in total. The van der Waals surface area contributed by atoms with Gasteiger partial charge in [0.1, 0.15) is 0 Å². The molecular formula is C14H32N2O2. The summed E-state index contributed by atoms with van der Waals surface area (Å²) in [6, 6.07) is 0.588. The van der Waals surface area contributed by atoms with Crippen LogP contribution in [0.15, 0.2) is 0 Å². The molecule has 0 aromatic rings. The monoisotopic (exact) mass is 260 g/mol. The first-order valence-electron chi connectivity index (χ1n) is 7.06. The summed E-state index contributed by atoms with van der Waals surface area (Å²) in [7, 11) is 0. The third-order valence-electron chi connectivity index (χ3n) is 3.01. The van der Waals surface area contributed by atoms with Gasteiger partial charge in [-0.15, -0.1) is 0 Å². The Morgan fingerprint density at radius 3 is 1.72 bits per heavy atom. The van der Waals surface area contributed by atoms with E-state index in [0.29, 0.717) is 12.1 Å². The van der Waals surface area contributed by atoms with Crippen LogP contribution < -0.4 is 10.6 Å². The van der Waals surface area contributed by atoms with Gasteiger partial charge in [0.25, 0.3) is 0 Å². The predicted molar refractivity (Wildman–Crippen MR) is 78.4 cm³/mol. The molecule has 0 atom stereocenters. The van der Waals surface area contributed by atoms with Gasteiger partial charge >= 0.3 is 0 Å². The molecule has 110 valence electrons. The number of carbonyl (C=O) groups excluding carboxylic acids is 2. The summed E-state index contributed by atoms with van der Waals surface area (Å²) >= 11 is 0. The lowest BCUT2D eigenvalue weighted by Gasteiger charge is -2.29. The predicted octanol–water partition coefficient (Wildman–Crippen LogP) is 2.72. The van der Waals surface area contributed by atoms with E-state index in [1.54, 1.807) is 6.92 Å². The first kappa shape index (κ1) is 16.9. The highest BCUT2D eigenvalue weighted by Crippen LogP contribution is 2.18. The number of nitrogens with one attached hydrogen (secondary N) is 2. The minimum Gasteiger partial charge on any atom is -0.354 e. The molecule has 18 heavy (non-hydrogen) atoms. The second-order valence-corrected chi connectivity index (χ2v) is 4.91. The summed E-state index contributed by atoms with van der Waals surface area (Å²) in [5, 5.41) is 5.97. The van der Waals surface area contributed by atoms with Crippen molar-refractivity contribution >= 4 is 11.8 Å². The van der Waals surface area contributed by atoms with Crippen LogP contribution >= 0.6 is 0 Å². The molecular weight excluding hydrogens is 228 g/mol. The van der Waals surface area contributed by atoms with Gasteiger partial charge in [0, 0.05) is 27.8 Å². The van der Waals surface area contributed by atoms with Crippen molar-refractivity contribution in [3.8, 4) is 0 Å². The Kier molecular flexibility index (Phi) is 8.42. The molecule has 4 nitrogen and oxygen atoms in total. The van der Waals surface area contributed by atoms with E-state index in [0.717, 1.165) is 25.7 Å². The third-order valence-corrected chi connectivity index (χ3v) is 3.01. The maximum absolute atomic E-state index is 11.5. The van der Waals surface area contributed by atoms with Crippen molar-refractivity contribution in [2.45, 2.75) is 72.4 Å². The van der Waals surface area contributed by atoms with E-state index < -0.39 is 0 Å². The molecule has 0 aromatic heterocycles. The molecule has 0 heterocycles. The average Bonchev–Trinajstić information content (AvgIpc) is 2.33. The Hall–Kier alpha value is -1.06. The van der Waals surface area contributed by atoms with E-state index in [-0.39, 0.29) is 20.6 Å². The fourth-order valence-electron chi connectivity index (χ4n) is 2.04. The fraction of sp³-hybridized carbons (Fsp3) is 0.857.